The van der Waals surface area contributed by atoms with E-state index in [2.05, 4.69) is 28.5 Å². The summed E-state index contributed by atoms with van der Waals surface area (Å²) in [6, 6.07) is 8.27. The van der Waals surface area contributed by atoms with Crippen LogP contribution >= 0.6 is 11.3 Å². The largest absolute Gasteiger partial charge is 0.375 e. The highest BCUT2D eigenvalue weighted by atomic mass is 32.1. The molecule has 2 heterocycles. The fourth-order valence-electron chi connectivity index (χ4n) is 2.02. The summed E-state index contributed by atoms with van der Waals surface area (Å²) in [4.78, 5) is 4.64. The number of nitrogens with zero attached hydrogens (tertiary/aromatic N) is 1. The summed E-state index contributed by atoms with van der Waals surface area (Å²) in [5.41, 5.74) is 1.08. The first-order valence-electron chi connectivity index (χ1n) is 5.42. The van der Waals surface area contributed by atoms with Crippen LogP contribution in [0.4, 0.5) is 0 Å². The van der Waals surface area contributed by atoms with Crippen LogP contribution in [0.3, 0.4) is 0 Å². The van der Waals surface area contributed by atoms with Crippen molar-refractivity contribution < 1.29 is 4.74 Å². The van der Waals surface area contributed by atoms with E-state index < -0.39 is 0 Å². The van der Waals surface area contributed by atoms with Gasteiger partial charge >= 0.3 is 0 Å². The Bertz CT molecular complexity index is 466. The van der Waals surface area contributed by atoms with Gasteiger partial charge in [0.15, 0.2) is 0 Å². The molecule has 0 amide bonds. The minimum Gasteiger partial charge on any atom is -0.375 e. The number of rotatable bonds is 3. The highest BCUT2D eigenvalue weighted by molar-refractivity contribution is 7.18. The molecule has 1 aliphatic rings. The molecule has 0 unspecified atom stereocenters. The molecule has 0 radical (unpaired) electrons. The van der Waals surface area contributed by atoms with Crippen LogP contribution in [0.2, 0.25) is 0 Å². The van der Waals surface area contributed by atoms with Crippen molar-refractivity contribution in [1.29, 1.82) is 0 Å². The Labute approximate surface area is 98.5 Å². The lowest BCUT2D eigenvalue weighted by Crippen LogP contribution is -2.61. The van der Waals surface area contributed by atoms with E-state index in [1.165, 1.54) is 9.71 Å². The number of ether oxygens (including phenoxy) is 1. The maximum Gasteiger partial charge on any atom is 0.0989 e. The van der Waals surface area contributed by atoms with Gasteiger partial charge in [0.05, 0.1) is 20.8 Å². The summed E-state index contributed by atoms with van der Waals surface area (Å²) >= 11 is 1.77. The monoisotopic (exact) mass is 234 g/mol. The number of thiazole rings is 1. The highest BCUT2D eigenvalue weighted by Crippen LogP contribution is 2.27. The van der Waals surface area contributed by atoms with E-state index in [9.17, 15) is 0 Å². The second kappa shape index (κ2) is 3.80. The third kappa shape index (κ3) is 1.63. The third-order valence-corrected chi connectivity index (χ3v) is 4.18. The summed E-state index contributed by atoms with van der Waals surface area (Å²) in [5.74, 6) is 0. The number of para-hydroxylation sites is 1. The van der Waals surface area contributed by atoms with Crippen molar-refractivity contribution in [3.63, 3.8) is 0 Å². The molecule has 16 heavy (non-hydrogen) atoms. The van der Waals surface area contributed by atoms with Gasteiger partial charge in [0.25, 0.3) is 0 Å². The second-order valence-electron chi connectivity index (χ2n) is 4.24. The summed E-state index contributed by atoms with van der Waals surface area (Å²) < 4.78 is 6.84. The van der Waals surface area contributed by atoms with E-state index >= 15 is 0 Å². The van der Waals surface area contributed by atoms with E-state index in [1.54, 1.807) is 18.4 Å². The average Bonchev–Trinajstić information content (AvgIpc) is 2.65. The molecule has 84 valence electrons. The smallest absolute Gasteiger partial charge is 0.0989 e. The van der Waals surface area contributed by atoms with Gasteiger partial charge in [-0.15, -0.1) is 11.3 Å². The molecule has 1 aliphatic heterocycles. The number of hydrogen-bond donors (Lipinski definition) is 1. The molecule has 3 nitrogen and oxygen atoms in total. The summed E-state index contributed by atoms with van der Waals surface area (Å²) in [5, 5.41) is 4.43. The number of hydrogen-bond acceptors (Lipinski definition) is 4. The molecule has 4 heteroatoms. The standard InChI is InChI=1S/C12H14N2OS/c1-15-12(7-13-8-12)6-11-14-9-4-2-3-5-10(9)16-11/h2-5,13H,6-8H2,1H3. The van der Waals surface area contributed by atoms with E-state index in [0.29, 0.717) is 0 Å². The second-order valence-corrected chi connectivity index (χ2v) is 5.36. The molecule has 0 aliphatic carbocycles. The Kier molecular flexibility index (Phi) is 2.42. The third-order valence-electron chi connectivity index (χ3n) is 3.14. The number of nitrogens with one attached hydrogen (secondary N) is 1. The van der Waals surface area contributed by atoms with Crippen molar-refractivity contribution in [3.05, 3.63) is 29.3 Å². The molecule has 3 rings (SSSR count). The SMILES string of the molecule is COC1(Cc2nc3ccccc3s2)CNC1. The molecule has 2 aromatic rings. The van der Waals surface area contributed by atoms with E-state index in [1.807, 2.05) is 6.07 Å². The van der Waals surface area contributed by atoms with Gasteiger partial charge in [0.2, 0.25) is 0 Å². The van der Waals surface area contributed by atoms with E-state index in [4.69, 9.17) is 4.74 Å². The predicted octanol–water partition coefficient (Wildman–Crippen LogP) is 1.83. The molecule has 1 N–H and O–H groups in total. The summed E-state index contributed by atoms with van der Waals surface area (Å²) in [7, 11) is 1.79. The fourth-order valence-corrected chi connectivity index (χ4v) is 3.11. The van der Waals surface area contributed by atoms with Gasteiger partial charge in [-0.05, 0) is 12.1 Å². The molecular formula is C12H14N2OS. The Balaban J connectivity index is 1.89. The number of benzene rings is 1. The molecule has 1 saturated heterocycles. The summed E-state index contributed by atoms with van der Waals surface area (Å²) in [6.45, 7) is 1.86. The van der Waals surface area contributed by atoms with Crippen LogP contribution in [-0.2, 0) is 11.2 Å². The predicted molar refractivity (Wildman–Crippen MR) is 65.9 cm³/mol. The first-order valence-corrected chi connectivity index (χ1v) is 6.23. The maximum absolute atomic E-state index is 5.58. The zero-order chi connectivity index (χ0) is 11.0. The van der Waals surface area contributed by atoms with Gasteiger partial charge in [-0.3, -0.25) is 0 Å². The van der Waals surface area contributed by atoms with Crippen LogP contribution in [-0.4, -0.2) is 30.8 Å². The van der Waals surface area contributed by atoms with Crippen LogP contribution in [0.25, 0.3) is 10.2 Å². The average molecular weight is 234 g/mol. The van der Waals surface area contributed by atoms with Crippen LogP contribution in [0.5, 0.6) is 0 Å². The number of fused-ring (bicyclic) bond motifs is 1. The molecule has 0 bridgehead atoms. The van der Waals surface area contributed by atoms with Gasteiger partial charge in [0, 0.05) is 26.6 Å². The fraction of sp³-hybridized carbons (Fsp3) is 0.417. The van der Waals surface area contributed by atoms with Crippen LogP contribution in [0, 0.1) is 0 Å². The van der Waals surface area contributed by atoms with Crippen molar-refractivity contribution in [1.82, 2.24) is 10.3 Å². The quantitative estimate of drug-likeness (QED) is 0.879. The number of methoxy groups -OCH3 is 1. The maximum atomic E-state index is 5.58. The van der Waals surface area contributed by atoms with Crippen LogP contribution in [0.15, 0.2) is 24.3 Å². The van der Waals surface area contributed by atoms with E-state index in [0.717, 1.165) is 25.0 Å². The van der Waals surface area contributed by atoms with Crippen LogP contribution < -0.4 is 5.32 Å². The minimum atomic E-state index is -0.0200. The van der Waals surface area contributed by atoms with E-state index in [-0.39, 0.29) is 5.60 Å². The first-order chi connectivity index (χ1) is 7.81. The topological polar surface area (TPSA) is 34.1 Å². The molecule has 1 aromatic carbocycles. The van der Waals surface area contributed by atoms with Gasteiger partial charge in [-0.2, -0.15) is 0 Å². The zero-order valence-corrected chi connectivity index (χ0v) is 10.0. The van der Waals surface area contributed by atoms with Crippen molar-refractivity contribution in [2.45, 2.75) is 12.0 Å². The summed E-state index contributed by atoms with van der Waals surface area (Å²) in [6.07, 6.45) is 0.913. The van der Waals surface area contributed by atoms with Crippen molar-refractivity contribution in [2.75, 3.05) is 20.2 Å². The zero-order valence-electron chi connectivity index (χ0n) is 9.19. The van der Waals surface area contributed by atoms with Crippen molar-refractivity contribution >= 4 is 21.6 Å². The molecular weight excluding hydrogens is 220 g/mol. The number of aromatic nitrogens is 1. The first kappa shape index (κ1) is 10.2. The van der Waals surface area contributed by atoms with Gasteiger partial charge < -0.3 is 10.1 Å². The molecule has 1 fully saturated rings. The Morgan fingerprint density at radius 2 is 2.25 bits per heavy atom. The van der Waals surface area contributed by atoms with Gasteiger partial charge in [0.1, 0.15) is 0 Å². The molecule has 0 saturated carbocycles. The van der Waals surface area contributed by atoms with Crippen molar-refractivity contribution in [2.24, 2.45) is 0 Å². The lowest BCUT2D eigenvalue weighted by Gasteiger charge is -2.40. The highest BCUT2D eigenvalue weighted by Gasteiger charge is 2.37. The normalized spacial score (nSPS) is 18.6. The van der Waals surface area contributed by atoms with Crippen molar-refractivity contribution in [3.8, 4) is 0 Å². The lowest BCUT2D eigenvalue weighted by atomic mass is 9.93. The minimum absolute atomic E-state index is 0.0200. The Morgan fingerprint density at radius 3 is 2.88 bits per heavy atom. The van der Waals surface area contributed by atoms with Gasteiger partial charge in [-0.1, -0.05) is 12.1 Å². The molecule has 0 spiro atoms. The lowest BCUT2D eigenvalue weighted by molar-refractivity contribution is -0.0502. The van der Waals surface area contributed by atoms with Crippen LogP contribution in [0.1, 0.15) is 5.01 Å². The molecule has 0 atom stereocenters. The Hall–Kier alpha value is -0.970. The molecule has 1 aromatic heterocycles. The van der Waals surface area contributed by atoms with Gasteiger partial charge in [-0.25, -0.2) is 4.98 Å². The Morgan fingerprint density at radius 1 is 1.44 bits per heavy atom.